The van der Waals surface area contributed by atoms with Gasteiger partial charge in [-0.05, 0) is 80.3 Å². The van der Waals surface area contributed by atoms with Gasteiger partial charge in [-0.3, -0.25) is 0 Å². The van der Waals surface area contributed by atoms with E-state index in [4.69, 9.17) is 0 Å². The van der Waals surface area contributed by atoms with Gasteiger partial charge in [-0.1, -0.05) is 6.07 Å². The first-order chi connectivity index (χ1) is 8.34. The van der Waals surface area contributed by atoms with Crippen molar-refractivity contribution in [3.05, 3.63) is 28.8 Å². The highest BCUT2D eigenvalue weighted by Gasteiger charge is 2.21. The van der Waals surface area contributed by atoms with E-state index in [0.29, 0.717) is 5.75 Å². The molecule has 1 aliphatic carbocycles. The fraction of sp³-hybridized carbons (Fsp3) is 0.600. The van der Waals surface area contributed by atoms with E-state index in [-0.39, 0.29) is 0 Å². The van der Waals surface area contributed by atoms with Crippen molar-refractivity contribution in [2.45, 2.75) is 38.5 Å². The lowest BCUT2D eigenvalue weighted by Crippen LogP contribution is -2.28. The van der Waals surface area contributed by atoms with E-state index in [1.54, 1.807) is 0 Å². The van der Waals surface area contributed by atoms with Crippen LogP contribution in [0.1, 0.15) is 36.0 Å². The maximum atomic E-state index is 10.1. The number of rotatable bonds is 2. The van der Waals surface area contributed by atoms with Gasteiger partial charge in [-0.15, -0.1) is 0 Å². The van der Waals surface area contributed by atoms with Crippen molar-refractivity contribution < 1.29 is 5.11 Å². The van der Waals surface area contributed by atoms with Crippen LogP contribution in [0, 0.1) is 5.92 Å². The summed E-state index contributed by atoms with van der Waals surface area (Å²) < 4.78 is 0. The number of phenolic OH excluding ortho intramolecular Hbond substituents is 1. The molecule has 0 amide bonds. The molecule has 0 bridgehead atoms. The predicted octanol–water partition coefficient (Wildman–Crippen LogP) is 2.42. The summed E-state index contributed by atoms with van der Waals surface area (Å²) in [5.41, 5.74) is 4.20. The molecule has 17 heavy (non-hydrogen) atoms. The van der Waals surface area contributed by atoms with Crippen LogP contribution in [0.25, 0.3) is 0 Å². The maximum absolute atomic E-state index is 10.1. The van der Waals surface area contributed by atoms with Crippen LogP contribution in [0.15, 0.2) is 12.1 Å². The van der Waals surface area contributed by atoms with Crippen LogP contribution in [0.3, 0.4) is 0 Å². The number of benzene rings is 1. The minimum atomic E-state index is 0.532. The fourth-order valence-corrected chi connectivity index (χ4v) is 3.33. The predicted molar refractivity (Wildman–Crippen MR) is 69.4 cm³/mol. The van der Waals surface area contributed by atoms with Crippen LogP contribution in [0.5, 0.6) is 5.75 Å². The summed E-state index contributed by atoms with van der Waals surface area (Å²) in [5, 5.41) is 13.5. The molecule has 0 atom stereocenters. The first kappa shape index (κ1) is 11.1. The third kappa shape index (κ3) is 2.19. The molecule has 2 aliphatic rings. The molecule has 1 heterocycles. The average Bonchev–Trinajstić information content (AvgIpc) is 2.83. The molecule has 1 aromatic rings. The van der Waals surface area contributed by atoms with Crippen molar-refractivity contribution in [3.8, 4) is 5.75 Å². The van der Waals surface area contributed by atoms with Gasteiger partial charge in [0.05, 0.1) is 0 Å². The zero-order chi connectivity index (χ0) is 11.7. The number of aromatic hydroxyl groups is 1. The van der Waals surface area contributed by atoms with Gasteiger partial charge in [-0.2, -0.15) is 0 Å². The van der Waals surface area contributed by atoms with Crippen LogP contribution >= 0.6 is 0 Å². The summed E-state index contributed by atoms with van der Waals surface area (Å²) in [6.45, 7) is 2.28. The van der Waals surface area contributed by atoms with Crippen molar-refractivity contribution in [2.75, 3.05) is 13.1 Å². The minimum Gasteiger partial charge on any atom is -0.508 e. The zero-order valence-corrected chi connectivity index (χ0v) is 10.3. The normalized spacial score (nSPS) is 20.5. The summed E-state index contributed by atoms with van der Waals surface area (Å²) in [7, 11) is 0. The molecule has 1 aromatic carbocycles. The summed E-state index contributed by atoms with van der Waals surface area (Å²) in [4.78, 5) is 0. The Balaban J connectivity index is 1.84. The zero-order valence-electron chi connectivity index (χ0n) is 10.3. The third-order valence-corrected chi connectivity index (χ3v) is 4.33. The molecule has 0 radical (unpaired) electrons. The summed E-state index contributed by atoms with van der Waals surface area (Å²) in [6, 6.07) is 4.02. The van der Waals surface area contributed by atoms with Crippen LogP contribution in [0.2, 0.25) is 0 Å². The van der Waals surface area contributed by atoms with E-state index in [2.05, 4.69) is 11.4 Å². The number of hydrogen-bond acceptors (Lipinski definition) is 2. The largest absolute Gasteiger partial charge is 0.508 e. The van der Waals surface area contributed by atoms with E-state index in [1.165, 1.54) is 48.8 Å². The Morgan fingerprint density at radius 3 is 2.82 bits per heavy atom. The number of piperidine rings is 1. The van der Waals surface area contributed by atoms with Crippen molar-refractivity contribution >= 4 is 0 Å². The van der Waals surface area contributed by atoms with Crippen LogP contribution in [0.4, 0.5) is 0 Å². The summed E-state index contributed by atoms with van der Waals surface area (Å²) in [6.07, 6.45) is 7.22. The van der Waals surface area contributed by atoms with Gasteiger partial charge in [0.25, 0.3) is 0 Å². The molecule has 2 N–H and O–H groups in total. The molecule has 0 saturated carbocycles. The molecule has 0 unspecified atom stereocenters. The molecule has 1 fully saturated rings. The smallest absolute Gasteiger partial charge is 0.119 e. The molecule has 0 aromatic heterocycles. The Bertz CT molecular complexity index is 408. The second kappa shape index (κ2) is 4.69. The topological polar surface area (TPSA) is 32.3 Å². The molecular weight excluding hydrogens is 210 g/mol. The summed E-state index contributed by atoms with van der Waals surface area (Å²) in [5.74, 6) is 1.29. The highest BCUT2D eigenvalue weighted by atomic mass is 16.3. The number of nitrogens with one attached hydrogen (secondary N) is 1. The lowest BCUT2D eigenvalue weighted by atomic mass is 9.87. The molecule has 1 saturated heterocycles. The Morgan fingerprint density at radius 2 is 2.00 bits per heavy atom. The molecule has 0 spiro atoms. The molecule has 2 heteroatoms. The number of phenols is 1. The minimum absolute atomic E-state index is 0.532. The average molecular weight is 231 g/mol. The highest BCUT2D eigenvalue weighted by Crippen LogP contribution is 2.34. The Labute approximate surface area is 103 Å². The van der Waals surface area contributed by atoms with E-state index in [1.807, 2.05) is 6.07 Å². The maximum Gasteiger partial charge on any atom is 0.119 e. The van der Waals surface area contributed by atoms with Gasteiger partial charge in [0.1, 0.15) is 5.75 Å². The van der Waals surface area contributed by atoms with E-state index < -0.39 is 0 Å². The van der Waals surface area contributed by atoms with E-state index >= 15 is 0 Å². The number of fused-ring (bicyclic) bond motifs is 1. The molecule has 2 nitrogen and oxygen atoms in total. The third-order valence-electron chi connectivity index (χ3n) is 4.33. The van der Waals surface area contributed by atoms with E-state index in [9.17, 15) is 5.11 Å². The van der Waals surface area contributed by atoms with Gasteiger partial charge in [0, 0.05) is 0 Å². The standard InChI is InChI=1S/C15H21NO/c17-15-5-4-12-2-1-3-13(12)14(15)10-11-6-8-16-9-7-11/h4-5,11,16-17H,1-3,6-10H2. The van der Waals surface area contributed by atoms with Crippen molar-refractivity contribution in [1.82, 2.24) is 5.32 Å². The highest BCUT2D eigenvalue weighted by molar-refractivity contribution is 5.46. The fourth-order valence-electron chi connectivity index (χ4n) is 3.33. The van der Waals surface area contributed by atoms with Crippen LogP contribution in [-0.4, -0.2) is 18.2 Å². The number of aryl methyl sites for hydroxylation is 1. The molecule has 3 rings (SSSR count). The first-order valence-electron chi connectivity index (χ1n) is 6.88. The Morgan fingerprint density at radius 1 is 1.18 bits per heavy atom. The number of hydrogen-bond donors (Lipinski definition) is 2. The second-order valence-corrected chi connectivity index (χ2v) is 5.45. The van der Waals surface area contributed by atoms with E-state index in [0.717, 1.165) is 25.4 Å². The monoisotopic (exact) mass is 231 g/mol. The van der Waals surface area contributed by atoms with Crippen LogP contribution in [-0.2, 0) is 19.3 Å². The lowest BCUT2D eigenvalue weighted by Gasteiger charge is -2.24. The van der Waals surface area contributed by atoms with Crippen molar-refractivity contribution in [2.24, 2.45) is 5.92 Å². The Kier molecular flexibility index (Phi) is 3.06. The first-order valence-corrected chi connectivity index (χ1v) is 6.88. The second-order valence-electron chi connectivity index (χ2n) is 5.45. The lowest BCUT2D eigenvalue weighted by molar-refractivity contribution is 0.365. The van der Waals surface area contributed by atoms with Crippen LogP contribution < -0.4 is 5.32 Å². The Hall–Kier alpha value is -1.02. The molecular formula is C15H21NO. The summed E-state index contributed by atoms with van der Waals surface area (Å²) >= 11 is 0. The molecule has 1 aliphatic heterocycles. The van der Waals surface area contributed by atoms with Crippen molar-refractivity contribution in [1.29, 1.82) is 0 Å². The van der Waals surface area contributed by atoms with Gasteiger partial charge in [0.15, 0.2) is 0 Å². The SMILES string of the molecule is Oc1ccc2c(c1CC1CCNCC1)CCC2. The van der Waals surface area contributed by atoms with Gasteiger partial charge < -0.3 is 10.4 Å². The van der Waals surface area contributed by atoms with Gasteiger partial charge in [-0.25, -0.2) is 0 Å². The van der Waals surface area contributed by atoms with Crippen molar-refractivity contribution in [3.63, 3.8) is 0 Å². The quantitative estimate of drug-likeness (QED) is 0.819. The van der Waals surface area contributed by atoms with Gasteiger partial charge >= 0.3 is 0 Å². The van der Waals surface area contributed by atoms with Gasteiger partial charge in [0.2, 0.25) is 0 Å². The molecule has 92 valence electrons.